The van der Waals surface area contributed by atoms with E-state index in [1.807, 2.05) is 84.9 Å². The summed E-state index contributed by atoms with van der Waals surface area (Å²) in [6.45, 7) is 5.83. The number of aliphatic carboxylic acids is 1. The van der Waals surface area contributed by atoms with Crippen molar-refractivity contribution < 1.29 is 48.1 Å². The van der Waals surface area contributed by atoms with E-state index < -0.39 is 71.5 Å². The van der Waals surface area contributed by atoms with Crippen LogP contribution in [0.1, 0.15) is 68.7 Å². The van der Waals surface area contributed by atoms with Gasteiger partial charge >= 0.3 is 12.1 Å². The van der Waals surface area contributed by atoms with E-state index in [9.17, 15) is 33.9 Å². The zero-order valence-electron chi connectivity index (χ0n) is 38.7. The van der Waals surface area contributed by atoms with Crippen molar-refractivity contribution in [2.24, 2.45) is 0 Å². The molecule has 5 atom stereocenters. The van der Waals surface area contributed by atoms with Crippen LogP contribution >= 0.6 is 0 Å². The van der Waals surface area contributed by atoms with E-state index in [1.165, 1.54) is 9.80 Å². The van der Waals surface area contributed by atoms with Crippen LogP contribution in [-0.4, -0.2) is 111 Å². The molecule has 0 saturated carbocycles. The first-order valence-electron chi connectivity index (χ1n) is 23.1. The largest absolute Gasteiger partial charge is 0.489 e. The van der Waals surface area contributed by atoms with E-state index in [1.54, 1.807) is 51.2 Å². The Balaban J connectivity index is 1.06. The number of carbonyl (C=O) groups excluding carboxylic acids is 5. The first-order valence-corrected chi connectivity index (χ1v) is 23.1. The van der Waals surface area contributed by atoms with Gasteiger partial charge in [0.05, 0.1) is 13.2 Å². The van der Waals surface area contributed by atoms with Gasteiger partial charge in [0.15, 0.2) is 6.04 Å². The summed E-state index contributed by atoms with van der Waals surface area (Å²) in [6, 6.07) is 27.9. The summed E-state index contributed by atoms with van der Waals surface area (Å²) in [6.07, 6.45) is 2.81. The number of likely N-dealkylation sites (tertiary alicyclic amines) is 2. The maximum Gasteiger partial charge on any atom is 0.408 e. The second kappa shape index (κ2) is 22.5. The minimum atomic E-state index is -1.43. The fourth-order valence-corrected chi connectivity index (χ4v) is 8.64. The van der Waals surface area contributed by atoms with Crippen molar-refractivity contribution in [1.82, 2.24) is 30.7 Å². The van der Waals surface area contributed by atoms with E-state index in [4.69, 9.17) is 14.2 Å². The molecule has 2 saturated heterocycles. The molecule has 0 unspecified atom stereocenters. The lowest BCUT2D eigenvalue weighted by atomic mass is 10.0. The first-order chi connectivity index (χ1) is 32.7. The lowest BCUT2D eigenvalue weighted by Gasteiger charge is -2.33. The van der Waals surface area contributed by atoms with Crippen LogP contribution in [0.5, 0.6) is 5.75 Å². The van der Waals surface area contributed by atoms with Crippen molar-refractivity contribution in [3.63, 3.8) is 0 Å². The van der Waals surface area contributed by atoms with Crippen LogP contribution < -0.4 is 20.7 Å². The number of benzene rings is 4. The fourth-order valence-electron chi connectivity index (χ4n) is 8.64. The van der Waals surface area contributed by atoms with Gasteiger partial charge in [0, 0.05) is 43.0 Å². The highest BCUT2D eigenvalue weighted by atomic mass is 16.6. The molecule has 5 amide bonds. The number of rotatable bonds is 19. The number of fused-ring (bicyclic) bond motifs is 1. The molecule has 358 valence electrons. The summed E-state index contributed by atoms with van der Waals surface area (Å²) < 4.78 is 17.2. The Kier molecular flexibility index (Phi) is 16.1. The molecule has 4 aromatic carbocycles. The first kappa shape index (κ1) is 48.7. The SMILES string of the molecule is CC(C)(C)OC(=O)N[C@@H](Cc1c[nH]c2ccccc12)C(=O)N1CCC[C@H]1C(=O)N1CCC[C@H]1C(=O)N[C@@H](Cc1ccc(OCc2ccccc2)cc1)C(=O)N[C@@H](COCc1ccccc1)C(=O)O. The van der Waals surface area contributed by atoms with Gasteiger partial charge in [0.2, 0.25) is 23.6 Å². The van der Waals surface area contributed by atoms with Crippen molar-refractivity contribution in [2.75, 3.05) is 19.7 Å². The molecule has 5 N–H and O–H groups in total. The van der Waals surface area contributed by atoms with Gasteiger partial charge < -0.3 is 50.1 Å². The van der Waals surface area contributed by atoms with Crippen molar-refractivity contribution in [1.29, 1.82) is 0 Å². The maximum atomic E-state index is 14.6. The van der Waals surface area contributed by atoms with E-state index >= 15 is 0 Å². The lowest BCUT2D eigenvalue weighted by Crippen LogP contribution is -2.59. The maximum absolute atomic E-state index is 14.6. The average molecular weight is 929 g/mol. The summed E-state index contributed by atoms with van der Waals surface area (Å²) in [5.74, 6) is -2.93. The third-order valence-electron chi connectivity index (χ3n) is 12.0. The van der Waals surface area contributed by atoms with Crippen LogP contribution in [0.4, 0.5) is 4.79 Å². The van der Waals surface area contributed by atoms with Gasteiger partial charge in [-0.15, -0.1) is 0 Å². The number of nitrogens with one attached hydrogen (secondary N) is 4. The molecule has 0 spiro atoms. The quantitative estimate of drug-likeness (QED) is 0.0685. The number of aromatic nitrogens is 1. The number of nitrogens with zero attached hydrogens (tertiary/aromatic N) is 2. The highest BCUT2D eigenvalue weighted by Gasteiger charge is 2.44. The molecule has 1 aromatic heterocycles. The molecule has 3 heterocycles. The molecule has 7 rings (SSSR count). The Labute approximate surface area is 395 Å². The third-order valence-corrected chi connectivity index (χ3v) is 12.0. The van der Waals surface area contributed by atoms with E-state index in [-0.39, 0.29) is 39.1 Å². The van der Waals surface area contributed by atoms with Gasteiger partial charge in [-0.05, 0) is 86.9 Å². The van der Waals surface area contributed by atoms with Crippen LogP contribution in [0.2, 0.25) is 0 Å². The standard InChI is InChI=1S/C52H60N6O10/c1-52(2,3)68-51(65)56-42(29-37-30-53-40-19-11-10-18-39(37)40)48(61)58-27-13-21-45(58)49(62)57-26-12-20-44(57)47(60)54-41(28-34-22-24-38(25-23-34)67-32-36-16-8-5-9-17-36)46(59)55-43(50(63)64)33-66-31-35-14-6-4-7-15-35/h4-11,14-19,22-25,30,41-45,53H,12-13,20-21,26-29,31-33H2,1-3H3,(H,54,60)(H,55,59)(H,56,65)(H,63,64)/t41-,42-,43-,44-,45-/m0/s1. The number of carbonyl (C=O) groups is 6. The number of aromatic amines is 1. The Morgan fingerprint density at radius 3 is 2.00 bits per heavy atom. The smallest absolute Gasteiger partial charge is 0.408 e. The fraction of sp³-hybridized carbons (Fsp3) is 0.385. The van der Waals surface area contributed by atoms with Crippen LogP contribution in [0, 0.1) is 0 Å². The summed E-state index contributed by atoms with van der Waals surface area (Å²) in [5, 5.41) is 19.2. The normalized spacial score (nSPS) is 17.2. The number of ether oxygens (including phenoxy) is 3. The van der Waals surface area contributed by atoms with Crippen LogP contribution in [0.15, 0.2) is 115 Å². The number of amides is 5. The predicted octanol–water partition coefficient (Wildman–Crippen LogP) is 5.68. The van der Waals surface area contributed by atoms with Crippen LogP contribution in [-0.2, 0) is 59.5 Å². The molecule has 0 radical (unpaired) electrons. The van der Waals surface area contributed by atoms with E-state index in [0.717, 1.165) is 27.6 Å². The number of hydrogen-bond acceptors (Lipinski definition) is 9. The highest BCUT2D eigenvalue weighted by molar-refractivity contribution is 5.97. The molecule has 0 bridgehead atoms. The van der Waals surface area contributed by atoms with Gasteiger partial charge in [0.1, 0.15) is 42.1 Å². The Morgan fingerprint density at radius 2 is 1.32 bits per heavy atom. The number of H-pyrrole nitrogens is 1. The van der Waals surface area contributed by atoms with Gasteiger partial charge in [-0.1, -0.05) is 91.0 Å². The van der Waals surface area contributed by atoms with Gasteiger partial charge in [0.25, 0.3) is 0 Å². The number of hydrogen-bond donors (Lipinski definition) is 5. The van der Waals surface area contributed by atoms with Gasteiger partial charge in [-0.2, -0.15) is 0 Å². The van der Waals surface area contributed by atoms with Gasteiger partial charge in [-0.3, -0.25) is 19.2 Å². The number of alkyl carbamates (subject to hydrolysis) is 1. The van der Waals surface area contributed by atoms with E-state index in [0.29, 0.717) is 43.6 Å². The van der Waals surface area contributed by atoms with Crippen LogP contribution in [0.3, 0.4) is 0 Å². The molecule has 0 aliphatic carbocycles. The summed E-state index contributed by atoms with van der Waals surface area (Å²) in [5.41, 5.74) is 3.32. The molecule has 16 heteroatoms. The van der Waals surface area contributed by atoms with Crippen LogP contribution in [0.25, 0.3) is 10.9 Å². The molecule has 5 aromatic rings. The van der Waals surface area contributed by atoms with E-state index in [2.05, 4.69) is 20.9 Å². The average Bonchev–Trinajstić information content (AvgIpc) is 4.11. The highest BCUT2D eigenvalue weighted by Crippen LogP contribution is 2.28. The zero-order chi connectivity index (χ0) is 48.2. The summed E-state index contributed by atoms with van der Waals surface area (Å²) in [7, 11) is 0. The molecule has 2 aliphatic heterocycles. The minimum absolute atomic E-state index is 0.0121. The number of para-hydroxylation sites is 1. The molecule has 2 aliphatic rings. The summed E-state index contributed by atoms with van der Waals surface area (Å²) >= 11 is 0. The van der Waals surface area contributed by atoms with Crippen molar-refractivity contribution in [3.8, 4) is 5.75 Å². The molecular weight excluding hydrogens is 869 g/mol. The van der Waals surface area contributed by atoms with Crippen molar-refractivity contribution in [2.45, 2.75) is 108 Å². The van der Waals surface area contributed by atoms with Gasteiger partial charge in [-0.25, -0.2) is 9.59 Å². The molecule has 16 nitrogen and oxygen atoms in total. The zero-order valence-corrected chi connectivity index (χ0v) is 38.7. The second-order valence-electron chi connectivity index (χ2n) is 18.2. The lowest BCUT2D eigenvalue weighted by molar-refractivity contribution is -0.147. The third kappa shape index (κ3) is 13.0. The van der Waals surface area contributed by atoms with Crippen molar-refractivity contribution in [3.05, 3.63) is 138 Å². The second-order valence-corrected chi connectivity index (χ2v) is 18.2. The Morgan fingerprint density at radius 1 is 0.691 bits per heavy atom. The van der Waals surface area contributed by atoms with Crippen molar-refractivity contribution >= 4 is 46.6 Å². The molecular formula is C52H60N6O10. The minimum Gasteiger partial charge on any atom is -0.489 e. The summed E-state index contributed by atoms with van der Waals surface area (Å²) in [4.78, 5) is 89.3. The topological polar surface area (TPSA) is 209 Å². The molecule has 2 fully saturated rings. The molecule has 68 heavy (non-hydrogen) atoms. The monoisotopic (exact) mass is 928 g/mol. The Hall–Kier alpha value is -7.20. The predicted molar refractivity (Wildman–Crippen MR) is 253 cm³/mol. The number of carboxylic acids is 1. The Bertz CT molecular complexity index is 2530. The number of carboxylic acid groups (broad SMARTS) is 1.